The summed E-state index contributed by atoms with van der Waals surface area (Å²) in [5, 5.41) is 16.7. The third-order valence-electron chi connectivity index (χ3n) is 4.19. The van der Waals surface area contributed by atoms with Gasteiger partial charge in [-0.15, -0.1) is 11.3 Å². The Hall–Kier alpha value is -1.23. The number of aliphatic carboxylic acids is 1. The van der Waals surface area contributed by atoms with Gasteiger partial charge in [-0.05, 0) is 49.1 Å². The van der Waals surface area contributed by atoms with Crippen LogP contribution in [-0.4, -0.2) is 59.3 Å². The third kappa shape index (κ3) is 9.31. The van der Waals surface area contributed by atoms with Crippen LogP contribution >= 0.6 is 35.7 Å². The minimum absolute atomic E-state index is 0.264. The van der Waals surface area contributed by atoms with Crippen LogP contribution in [0.1, 0.15) is 24.1 Å². The van der Waals surface area contributed by atoms with E-state index in [9.17, 15) is 19.5 Å². The Kier molecular flexibility index (Phi) is 12.3. The SMILES string of the molecule is CSCC[C@H](NC(=O)[C@H](CCCNC(=O)[C@@H](N)CS)Cc1cccs1)C(=O)O. The van der Waals surface area contributed by atoms with Gasteiger partial charge in [0.2, 0.25) is 11.8 Å². The fraction of sp³-hybridized carbons (Fsp3) is 0.611. The van der Waals surface area contributed by atoms with E-state index in [1.54, 1.807) is 23.1 Å². The number of carbonyl (C=O) groups excluding carboxylic acids is 2. The van der Waals surface area contributed by atoms with Crippen LogP contribution in [0.25, 0.3) is 0 Å². The first kappa shape index (κ1) is 24.8. The second kappa shape index (κ2) is 13.9. The first-order valence-electron chi connectivity index (χ1n) is 9.07. The number of thiophene rings is 1. The number of hydrogen-bond donors (Lipinski definition) is 5. The summed E-state index contributed by atoms with van der Waals surface area (Å²) in [6.07, 6.45) is 3.95. The largest absolute Gasteiger partial charge is 0.480 e. The van der Waals surface area contributed by atoms with Gasteiger partial charge in [-0.25, -0.2) is 4.79 Å². The summed E-state index contributed by atoms with van der Waals surface area (Å²) in [6, 6.07) is 2.34. The molecule has 2 amide bonds. The van der Waals surface area contributed by atoms with Gasteiger partial charge in [-0.2, -0.15) is 24.4 Å². The lowest BCUT2D eigenvalue weighted by Gasteiger charge is -2.20. The number of thiol groups is 1. The fourth-order valence-corrected chi connectivity index (χ4v) is 3.98. The first-order valence-corrected chi connectivity index (χ1v) is 12.0. The maximum Gasteiger partial charge on any atom is 0.326 e. The van der Waals surface area contributed by atoms with Crippen LogP contribution in [0.15, 0.2) is 17.5 Å². The van der Waals surface area contributed by atoms with E-state index in [1.807, 2.05) is 23.8 Å². The highest BCUT2D eigenvalue weighted by Gasteiger charge is 2.25. The highest BCUT2D eigenvalue weighted by molar-refractivity contribution is 7.98. The quantitative estimate of drug-likeness (QED) is 0.217. The van der Waals surface area contributed by atoms with E-state index in [1.165, 1.54) is 0 Å². The van der Waals surface area contributed by atoms with Crippen LogP contribution in [0.4, 0.5) is 0 Å². The molecule has 7 nitrogen and oxygen atoms in total. The molecule has 0 fully saturated rings. The van der Waals surface area contributed by atoms with Gasteiger partial charge >= 0.3 is 5.97 Å². The van der Waals surface area contributed by atoms with Crippen LogP contribution in [0.3, 0.4) is 0 Å². The fourth-order valence-electron chi connectivity index (χ4n) is 2.55. The Balaban J connectivity index is 2.63. The standard InChI is InChI=1S/C18H29N3O4S3/c1-27-9-6-15(18(24)25)21-16(22)12(10-13-5-3-8-28-13)4-2-7-20-17(23)14(19)11-26/h3,5,8,12,14-15,26H,2,4,6-7,9-11,19H2,1H3,(H,20,23)(H,21,22)(H,24,25)/t12-,14+,15+/m1/s1. The predicted octanol–water partition coefficient (Wildman–Crippen LogP) is 1.38. The van der Waals surface area contributed by atoms with Crippen molar-refractivity contribution in [2.24, 2.45) is 11.7 Å². The average Bonchev–Trinajstić information content (AvgIpc) is 3.19. The maximum atomic E-state index is 12.7. The van der Waals surface area contributed by atoms with Crippen molar-refractivity contribution in [2.45, 2.75) is 37.8 Å². The van der Waals surface area contributed by atoms with E-state index in [0.717, 1.165) is 4.88 Å². The number of hydrogen-bond acceptors (Lipinski definition) is 7. The zero-order valence-electron chi connectivity index (χ0n) is 15.9. The van der Waals surface area contributed by atoms with Gasteiger partial charge in [-0.1, -0.05) is 6.07 Å². The lowest BCUT2D eigenvalue weighted by atomic mass is 9.96. The van der Waals surface area contributed by atoms with Crippen molar-refractivity contribution in [3.8, 4) is 0 Å². The molecule has 0 aliphatic rings. The summed E-state index contributed by atoms with van der Waals surface area (Å²) in [5.74, 6) is -0.986. The molecule has 28 heavy (non-hydrogen) atoms. The Morgan fingerprint density at radius 1 is 1.32 bits per heavy atom. The van der Waals surface area contributed by atoms with Gasteiger partial charge in [0, 0.05) is 23.1 Å². The molecule has 3 atom stereocenters. The molecule has 0 aromatic carbocycles. The number of carbonyl (C=O) groups is 3. The molecule has 0 saturated heterocycles. The summed E-state index contributed by atoms with van der Waals surface area (Å²) in [4.78, 5) is 36.9. The van der Waals surface area contributed by atoms with Gasteiger partial charge in [0.1, 0.15) is 6.04 Å². The van der Waals surface area contributed by atoms with E-state index in [2.05, 4.69) is 23.3 Å². The number of nitrogens with one attached hydrogen (secondary N) is 2. The Bertz CT molecular complexity index is 613. The summed E-state index contributed by atoms with van der Waals surface area (Å²) >= 11 is 7.10. The second-order valence-electron chi connectivity index (χ2n) is 6.38. The van der Waals surface area contributed by atoms with Gasteiger partial charge in [0.05, 0.1) is 6.04 Å². The maximum absolute atomic E-state index is 12.7. The number of carboxylic acid groups (broad SMARTS) is 1. The Labute approximate surface area is 179 Å². The molecule has 1 aromatic rings. The number of thioether (sulfide) groups is 1. The van der Waals surface area contributed by atoms with Crippen molar-refractivity contribution in [1.29, 1.82) is 0 Å². The topological polar surface area (TPSA) is 122 Å². The van der Waals surface area contributed by atoms with E-state index in [-0.39, 0.29) is 23.5 Å². The lowest BCUT2D eigenvalue weighted by Crippen LogP contribution is -2.45. The predicted molar refractivity (Wildman–Crippen MR) is 118 cm³/mol. The number of nitrogens with two attached hydrogens (primary N) is 1. The van der Waals surface area contributed by atoms with E-state index < -0.39 is 18.1 Å². The summed E-state index contributed by atoms with van der Waals surface area (Å²) in [6.45, 7) is 0.406. The minimum Gasteiger partial charge on any atom is -0.480 e. The summed E-state index contributed by atoms with van der Waals surface area (Å²) in [5.41, 5.74) is 5.61. The van der Waals surface area contributed by atoms with Crippen LogP contribution in [0.2, 0.25) is 0 Å². The van der Waals surface area contributed by atoms with E-state index >= 15 is 0 Å². The number of amides is 2. The molecule has 5 N–H and O–H groups in total. The monoisotopic (exact) mass is 447 g/mol. The van der Waals surface area contributed by atoms with Crippen LogP contribution in [-0.2, 0) is 20.8 Å². The normalized spacial score (nSPS) is 14.1. The van der Waals surface area contributed by atoms with Gasteiger partial charge < -0.3 is 21.5 Å². The molecule has 10 heteroatoms. The Morgan fingerprint density at radius 3 is 2.64 bits per heavy atom. The zero-order valence-corrected chi connectivity index (χ0v) is 18.5. The minimum atomic E-state index is -1.02. The molecular formula is C18H29N3O4S3. The number of rotatable bonds is 14. The van der Waals surface area contributed by atoms with E-state index in [0.29, 0.717) is 38.0 Å². The van der Waals surface area contributed by atoms with Crippen molar-refractivity contribution in [1.82, 2.24) is 10.6 Å². The van der Waals surface area contributed by atoms with Crippen LogP contribution in [0.5, 0.6) is 0 Å². The molecule has 0 unspecified atom stereocenters. The molecular weight excluding hydrogens is 418 g/mol. The second-order valence-corrected chi connectivity index (χ2v) is 8.77. The van der Waals surface area contributed by atoms with E-state index in [4.69, 9.17) is 5.73 Å². The van der Waals surface area contributed by atoms with Gasteiger partial charge in [-0.3, -0.25) is 9.59 Å². The molecule has 0 bridgehead atoms. The lowest BCUT2D eigenvalue weighted by molar-refractivity contribution is -0.142. The van der Waals surface area contributed by atoms with Gasteiger partial charge in [0.25, 0.3) is 0 Å². The van der Waals surface area contributed by atoms with Crippen molar-refractivity contribution in [2.75, 3.05) is 24.3 Å². The van der Waals surface area contributed by atoms with Crippen LogP contribution in [0, 0.1) is 5.92 Å². The molecule has 158 valence electrons. The highest BCUT2D eigenvalue weighted by atomic mass is 32.2. The first-order chi connectivity index (χ1) is 13.4. The molecule has 0 radical (unpaired) electrons. The average molecular weight is 448 g/mol. The summed E-state index contributed by atoms with van der Waals surface area (Å²) in [7, 11) is 0. The Morgan fingerprint density at radius 2 is 2.07 bits per heavy atom. The molecule has 1 heterocycles. The molecule has 0 aliphatic carbocycles. The smallest absolute Gasteiger partial charge is 0.326 e. The van der Waals surface area contributed by atoms with Crippen molar-refractivity contribution < 1.29 is 19.5 Å². The van der Waals surface area contributed by atoms with Crippen LogP contribution < -0.4 is 16.4 Å². The van der Waals surface area contributed by atoms with Crippen molar-refractivity contribution >= 4 is 53.5 Å². The zero-order chi connectivity index (χ0) is 20.9. The third-order valence-corrected chi connectivity index (χ3v) is 6.12. The molecule has 1 rings (SSSR count). The summed E-state index contributed by atoms with van der Waals surface area (Å²) < 4.78 is 0. The number of carboxylic acids is 1. The molecule has 0 saturated carbocycles. The van der Waals surface area contributed by atoms with Crippen molar-refractivity contribution in [3.63, 3.8) is 0 Å². The molecule has 0 spiro atoms. The van der Waals surface area contributed by atoms with Crippen molar-refractivity contribution in [3.05, 3.63) is 22.4 Å². The molecule has 0 aliphatic heterocycles. The molecule has 1 aromatic heterocycles. The van der Waals surface area contributed by atoms with Gasteiger partial charge in [0.15, 0.2) is 0 Å². The highest BCUT2D eigenvalue weighted by Crippen LogP contribution is 2.19.